The number of carbonyl (C=O) groups excluding carboxylic acids is 6. The van der Waals surface area contributed by atoms with Crippen LogP contribution >= 0.6 is 104 Å². The van der Waals surface area contributed by atoms with Crippen molar-refractivity contribution in [3.05, 3.63) is 205 Å². The smallest absolute Gasteiger partial charge is 0.233 e. The minimum Gasteiger partial charge on any atom is -0.394 e. The Morgan fingerprint density at radius 3 is 1.35 bits per heavy atom. The minimum atomic E-state index is -0.945. The van der Waals surface area contributed by atoms with Crippen LogP contribution in [0.5, 0.6) is 0 Å². The van der Waals surface area contributed by atoms with Gasteiger partial charge in [-0.15, -0.1) is 0 Å². The third-order valence-electron chi connectivity index (χ3n) is 23.9. The Hall–Kier alpha value is -5.41. The van der Waals surface area contributed by atoms with Crippen molar-refractivity contribution in [2.45, 2.75) is 171 Å². The molecule has 110 heavy (non-hydrogen) atoms. The predicted octanol–water partition coefficient (Wildman–Crippen LogP) is 17.2. The molecule has 0 aromatic heterocycles. The number of amides is 6. The molecule has 6 saturated heterocycles. The number of rotatable bonds is 25. The van der Waals surface area contributed by atoms with Crippen molar-refractivity contribution >= 4 is 140 Å². The van der Waals surface area contributed by atoms with Gasteiger partial charge in [-0.3, -0.25) is 28.8 Å². The highest BCUT2D eigenvalue weighted by Gasteiger charge is 2.46. The zero-order chi connectivity index (χ0) is 79.2. The van der Waals surface area contributed by atoms with Crippen LogP contribution in [0.2, 0.25) is 45.2 Å². The molecule has 6 heterocycles. The SMILES string of the molecule is CC(CCN1CCC(N2CCCC2=O)CC1)(C(=O)NC(CO)c1ccc(Cl)c(Cl)c1)c1ccc(Cl)c(Cl)c1.CNC(=O)C(C)(c1ccc(Cl)c(Cl)c1)C(Cc1ccccc1Cl)CN1CCC(N2CCCC2=O)CC1.Cc1ccc(CN(C)C(=O)C(C)(CCN2CCC(N3CCCC3=O)CC2)c2ccc(Cl)c(Cl)c2)cc1. The Morgan fingerprint density at radius 2 is 0.918 bits per heavy atom. The lowest BCUT2D eigenvalue weighted by Gasteiger charge is -2.42. The molecule has 12 rings (SSSR count). The largest absolute Gasteiger partial charge is 0.394 e. The number of likely N-dealkylation sites (tertiary alicyclic amines) is 6. The van der Waals surface area contributed by atoms with Gasteiger partial charge in [-0.25, -0.2) is 0 Å². The molecule has 0 radical (unpaired) electrons. The number of aryl methyl sites for hydroxylation is 1. The van der Waals surface area contributed by atoms with Crippen molar-refractivity contribution in [1.82, 2.24) is 44.9 Å². The molecule has 3 N–H and O–H groups in total. The van der Waals surface area contributed by atoms with E-state index in [1.807, 2.05) is 92.2 Å². The molecule has 6 fully saturated rings. The lowest BCUT2D eigenvalue weighted by Crippen LogP contribution is -2.53. The van der Waals surface area contributed by atoms with Crippen LogP contribution in [0.15, 0.2) is 121 Å². The summed E-state index contributed by atoms with van der Waals surface area (Å²) in [7, 11) is 3.54. The van der Waals surface area contributed by atoms with Gasteiger partial charge in [-0.1, -0.05) is 177 Å². The van der Waals surface area contributed by atoms with Crippen LogP contribution in [0.25, 0.3) is 0 Å². The molecule has 5 unspecified atom stereocenters. The van der Waals surface area contributed by atoms with Crippen molar-refractivity contribution in [2.24, 2.45) is 5.92 Å². The number of aliphatic hydroxyl groups is 1. The van der Waals surface area contributed by atoms with E-state index in [0.29, 0.717) is 126 Å². The molecular formula is C85H104Cl9N9O7. The van der Waals surface area contributed by atoms with E-state index in [9.17, 15) is 33.9 Å². The van der Waals surface area contributed by atoms with Crippen molar-refractivity contribution in [3.8, 4) is 0 Å². The van der Waals surface area contributed by atoms with E-state index in [0.717, 1.165) is 158 Å². The Bertz CT molecular complexity index is 4190. The van der Waals surface area contributed by atoms with Crippen LogP contribution in [-0.4, -0.2) is 192 Å². The average Bonchev–Trinajstić information content (AvgIpc) is 0.955. The number of nitrogens with one attached hydrogen (secondary N) is 2. The van der Waals surface area contributed by atoms with Gasteiger partial charge in [0.2, 0.25) is 35.4 Å². The second-order valence-corrected chi connectivity index (χ2v) is 34.8. The molecule has 594 valence electrons. The van der Waals surface area contributed by atoms with Gasteiger partial charge in [0, 0.05) is 128 Å². The van der Waals surface area contributed by atoms with E-state index in [2.05, 4.69) is 66.3 Å². The second kappa shape index (κ2) is 39.8. The quantitative estimate of drug-likeness (QED) is 0.0501. The number of aliphatic hydroxyl groups excluding tert-OH is 1. The fraction of sp³-hybridized carbons (Fsp3) is 0.506. The molecule has 6 aliphatic rings. The second-order valence-electron chi connectivity index (χ2n) is 31.1. The highest BCUT2D eigenvalue weighted by atomic mass is 35.5. The summed E-state index contributed by atoms with van der Waals surface area (Å²) in [5.41, 5.74) is 3.87. The number of likely N-dealkylation sites (N-methyl/N-ethyl adjacent to an activating group) is 2. The predicted molar refractivity (Wildman–Crippen MR) is 447 cm³/mol. The van der Waals surface area contributed by atoms with Crippen molar-refractivity contribution in [3.63, 3.8) is 0 Å². The fourth-order valence-electron chi connectivity index (χ4n) is 16.8. The van der Waals surface area contributed by atoms with Crippen LogP contribution < -0.4 is 10.6 Å². The van der Waals surface area contributed by atoms with Gasteiger partial charge in [0.25, 0.3) is 0 Å². The number of benzene rings is 6. The molecule has 16 nitrogen and oxygen atoms in total. The van der Waals surface area contributed by atoms with Gasteiger partial charge in [-0.05, 0) is 212 Å². The molecule has 6 amide bonds. The van der Waals surface area contributed by atoms with E-state index in [1.165, 1.54) is 5.56 Å². The monoisotopic (exact) mass is 1680 g/mol. The summed E-state index contributed by atoms with van der Waals surface area (Å²) in [6, 6.07) is 37.7. The third kappa shape index (κ3) is 21.6. The molecule has 6 aliphatic heterocycles. The number of carbonyl (C=O) groups is 6. The van der Waals surface area contributed by atoms with Crippen molar-refractivity contribution < 1.29 is 33.9 Å². The first-order chi connectivity index (χ1) is 52.5. The number of hydrogen-bond donors (Lipinski definition) is 3. The minimum absolute atomic E-state index is 0.0685. The lowest BCUT2D eigenvalue weighted by atomic mass is 9.68. The van der Waals surface area contributed by atoms with Gasteiger partial charge in [0.15, 0.2) is 0 Å². The summed E-state index contributed by atoms with van der Waals surface area (Å²) in [5, 5.41) is 20.1. The number of hydrogen-bond acceptors (Lipinski definition) is 10. The Morgan fingerprint density at radius 1 is 0.500 bits per heavy atom. The molecule has 0 spiro atoms. The first-order valence-electron chi connectivity index (χ1n) is 38.6. The highest BCUT2D eigenvalue weighted by Crippen LogP contribution is 2.42. The van der Waals surface area contributed by atoms with Gasteiger partial charge in [-0.2, -0.15) is 0 Å². The Kier molecular flexibility index (Phi) is 31.4. The molecule has 6 aromatic carbocycles. The normalized spacial score (nSPS) is 19.4. The van der Waals surface area contributed by atoms with E-state index >= 15 is 0 Å². The topological polar surface area (TPSA) is 169 Å². The van der Waals surface area contributed by atoms with Crippen LogP contribution in [0.4, 0.5) is 0 Å². The maximum absolute atomic E-state index is 14.0. The zero-order valence-electron chi connectivity index (χ0n) is 63.9. The maximum Gasteiger partial charge on any atom is 0.233 e. The van der Waals surface area contributed by atoms with Gasteiger partial charge < -0.3 is 50.0 Å². The van der Waals surface area contributed by atoms with Crippen LogP contribution in [0, 0.1) is 12.8 Å². The zero-order valence-corrected chi connectivity index (χ0v) is 70.7. The first-order valence-corrected chi connectivity index (χ1v) is 42.0. The number of piperidine rings is 3. The Balaban J connectivity index is 0.000000176. The summed E-state index contributed by atoms with van der Waals surface area (Å²) < 4.78 is 0. The molecule has 0 aliphatic carbocycles. The van der Waals surface area contributed by atoms with Crippen LogP contribution in [-0.2, 0) is 58.0 Å². The molecular weight excluding hydrogens is 1580 g/mol. The summed E-state index contributed by atoms with van der Waals surface area (Å²) >= 11 is 56.6. The molecule has 6 aromatic rings. The third-order valence-corrected chi connectivity index (χ3v) is 27.2. The highest BCUT2D eigenvalue weighted by molar-refractivity contribution is 6.43. The van der Waals surface area contributed by atoms with Crippen LogP contribution in [0.3, 0.4) is 0 Å². The van der Waals surface area contributed by atoms with E-state index in [-0.39, 0.29) is 42.1 Å². The van der Waals surface area contributed by atoms with E-state index in [4.69, 9.17) is 104 Å². The Labute approximate surface area is 694 Å². The average molecular weight is 1680 g/mol. The fourth-order valence-corrected chi connectivity index (χ4v) is 18.2. The van der Waals surface area contributed by atoms with Gasteiger partial charge >= 0.3 is 0 Å². The van der Waals surface area contributed by atoms with Gasteiger partial charge in [0.1, 0.15) is 0 Å². The van der Waals surface area contributed by atoms with Crippen LogP contribution in [0.1, 0.15) is 156 Å². The van der Waals surface area contributed by atoms with Gasteiger partial charge in [0.05, 0.1) is 69.1 Å². The summed E-state index contributed by atoms with van der Waals surface area (Å²) in [5.74, 6) is 0.542. The van der Waals surface area contributed by atoms with E-state index < -0.39 is 22.3 Å². The summed E-state index contributed by atoms with van der Waals surface area (Å²) in [6.45, 7) is 18.5. The lowest BCUT2D eigenvalue weighted by molar-refractivity contribution is -0.137. The number of nitrogens with zero attached hydrogens (tertiary/aromatic N) is 7. The van der Waals surface area contributed by atoms with Crippen molar-refractivity contribution in [2.75, 3.05) is 99.2 Å². The van der Waals surface area contributed by atoms with Crippen molar-refractivity contribution in [1.29, 1.82) is 0 Å². The maximum atomic E-state index is 14.0. The molecule has 25 heteroatoms. The van der Waals surface area contributed by atoms with E-state index in [1.54, 1.807) is 49.5 Å². The first kappa shape index (κ1) is 87.0. The molecule has 0 bridgehead atoms. The number of halogens is 9. The molecule has 0 saturated carbocycles. The summed E-state index contributed by atoms with van der Waals surface area (Å²) in [6.07, 6.45) is 12.5. The molecule has 5 atom stereocenters. The standard InChI is InChI=1S/C29H37Cl2N3O2.C28H33Cl4N3O3.C28H34Cl3N3O2/c1-21-6-8-22(9-7-21)20-32(3)28(36)29(2,23-10-11-25(30)26(31)19-23)14-18-33-16-12-24(13-17-33)34-15-4-5-27(34)35;1-28(19-5-7-22(30)24(32)16-19,27(38)33-25(17-36)18-4-6-21(29)23(31)15-18)10-14-34-12-8-20(9-13-34)35-11-2-3-26(35)37;1-28(27(36)32-2,20-9-10-24(30)25(31)17-20)21(16-19-6-3-4-7-23(19)29)18-33-14-11-22(12-15-33)34-13-5-8-26(34)35/h6-11,19,24H,4-5,12-18,20H2,1-3H3;4-7,15-16,20,25,36H,2-3,8-14,17H2,1H3,(H,33,38);3-4,6-7,9-10,17,21-22H,5,8,11-16,18H2,1-2H3,(H,32,36). The summed E-state index contributed by atoms with van der Waals surface area (Å²) in [4.78, 5) is 93.2.